The van der Waals surface area contributed by atoms with Crippen molar-refractivity contribution in [3.05, 3.63) is 59.9 Å². The summed E-state index contributed by atoms with van der Waals surface area (Å²) in [5, 5.41) is 11.8. The van der Waals surface area contributed by atoms with Gasteiger partial charge >= 0.3 is 6.03 Å². The Labute approximate surface area is 140 Å². The van der Waals surface area contributed by atoms with Crippen molar-refractivity contribution >= 4 is 11.7 Å². The van der Waals surface area contributed by atoms with Gasteiger partial charge in [-0.25, -0.2) is 9.18 Å². The number of likely N-dealkylation sites (N-methyl/N-ethyl adjacent to an activating group) is 1. The Morgan fingerprint density at radius 2 is 2.00 bits per heavy atom. The number of nitrogens with one attached hydrogen (secondary N) is 1. The zero-order chi connectivity index (χ0) is 17.5. The van der Waals surface area contributed by atoms with Gasteiger partial charge in [0.05, 0.1) is 12.6 Å². The zero-order valence-electron chi connectivity index (χ0n) is 13.7. The smallest absolute Gasteiger partial charge is 0.321 e. The first kappa shape index (κ1) is 17.7. The van der Waals surface area contributed by atoms with E-state index in [0.717, 1.165) is 5.56 Å². The molecule has 0 heterocycles. The van der Waals surface area contributed by atoms with E-state index in [4.69, 9.17) is 9.84 Å². The summed E-state index contributed by atoms with van der Waals surface area (Å²) >= 11 is 0. The Morgan fingerprint density at radius 1 is 1.29 bits per heavy atom. The van der Waals surface area contributed by atoms with Gasteiger partial charge in [0.2, 0.25) is 0 Å². The van der Waals surface area contributed by atoms with Crippen LogP contribution in [0.1, 0.15) is 12.5 Å². The number of ether oxygens (including phenoxy) is 1. The highest BCUT2D eigenvalue weighted by atomic mass is 19.1. The van der Waals surface area contributed by atoms with E-state index in [9.17, 15) is 9.18 Å². The van der Waals surface area contributed by atoms with E-state index in [-0.39, 0.29) is 24.5 Å². The van der Waals surface area contributed by atoms with Gasteiger partial charge in [0.1, 0.15) is 18.2 Å². The lowest BCUT2D eigenvalue weighted by Gasteiger charge is -2.23. The molecule has 5 nitrogen and oxygen atoms in total. The summed E-state index contributed by atoms with van der Waals surface area (Å²) in [4.78, 5) is 13.5. The number of rotatable bonds is 6. The van der Waals surface area contributed by atoms with Crippen LogP contribution in [0.4, 0.5) is 14.9 Å². The monoisotopic (exact) mass is 332 g/mol. The van der Waals surface area contributed by atoms with E-state index in [1.165, 1.54) is 17.0 Å². The molecular weight excluding hydrogens is 311 g/mol. The number of amides is 2. The van der Waals surface area contributed by atoms with Gasteiger partial charge in [-0.1, -0.05) is 18.2 Å². The zero-order valence-corrected chi connectivity index (χ0v) is 13.7. The Balaban J connectivity index is 1.95. The highest BCUT2D eigenvalue weighted by molar-refractivity contribution is 5.89. The number of aliphatic hydroxyl groups excluding tert-OH is 1. The number of hydrogen-bond acceptors (Lipinski definition) is 3. The van der Waals surface area contributed by atoms with Gasteiger partial charge in [0.25, 0.3) is 0 Å². The molecule has 0 bridgehead atoms. The number of anilines is 1. The number of urea groups is 1. The molecule has 2 amide bonds. The number of carbonyl (C=O) groups excluding carboxylic acids is 1. The minimum absolute atomic E-state index is 0.106. The van der Waals surface area contributed by atoms with Crippen LogP contribution in [-0.2, 0) is 6.61 Å². The number of hydrogen-bond donors (Lipinski definition) is 2. The first-order valence-electron chi connectivity index (χ1n) is 7.61. The summed E-state index contributed by atoms with van der Waals surface area (Å²) in [6.45, 7) is 1.95. The van der Waals surface area contributed by atoms with Gasteiger partial charge in [-0.2, -0.15) is 0 Å². The fourth-order valence-corrected chi connectivity index (χ4v) is 1.95. The second-order valence-corrected chi connectivity index (χ2v) is 5.52. The molecule has 0 aliphatic heterocycles. The number of carbonyl (C=O) groups is 1. The van der Waals surface area contributed by atoms with Crippen LogP contribution in [0.5, 0.6) is 5.75 Å². The molecule has 0 fully saturated rings. The maximum absolute atomic E-state index is 12.9. The lowest BCUT2D eigenvalue weighted by molar-refractivity contribution is 0.166. The summed E-state index contributed by atoms with van der Waals surface area (Å²) in [5.41, 5.74) is 1.44. The molecule has 24 heavy (non-hydrogen) atoms. The molecule has 2 aromatic rings. The molecule has 0 aliphatic carbocycles. The summed E-state index contributed by atoms with van der Waals surface area (Å²) < 4.78 is 18.5. The van der Waals surface area contributed by atoms with Gasteiger partial charge in [-0.05, 0) is 36.8 Å². The Morgan fingerprint density at radius 3 is 2.67 bits per heavy atom. The molecule has 1 unspecified atom stereocenters. The summed E-state index contributed by atoms with van der Waals surface area (Å²) in [6, 6.07) is 12.5. The predicted molar refractivity (Wildman–Crippen MR) is 90.5 cm³/mol. The number of aliphatic hydroxyl groups is 1. The van der Waals surface area contributed by atoms with Crippen LogP contribution in [0, 0.1) is 5.82 Å². The SMILES string of the molecule is CC(CO)N(C)C(=O)Nc1cccc(OCc2ccc(F)cc2)c1. The van der Waals surface area contributed by atoms with E-state index < -0.39 is 0 Å². The number of benzene rings is 2. The molecule has 0 aromatic heterocycles. The molecule has 0 aliphatic rings. The van der Waals surface area contributed by atoms with Crippen molar-refractivity contribution in [3.8, 4) is 5.75 Å². The van der Waals surface area contributed by atoms with Crippen LogP contribution in [0.3, 0.4) is 0 Å². The van der Waals surface area contributed by atoms with Gasteiger partial charge < -0.3 is 20.1 Å². The van der Waals surface area contributed by atoms with Gasteiger partial charge in [-0.15, -0.1) is 0 Å². The lowest BCUT2D eigenvalue weighted by atomic mass is 10.2. The van der Waals surface area contributed by atoms with Gasteiger partial charge in [0, 0.05) is 18.8 Å². The van der Waals surface area contributed by atoms with Gasteiger partial charge in [-0.3, -0.25) is 0 Å². The summed E-state index contributed by atoms with van der Waals surface area (Å²) in [6.07, 6.45) is 0. The highest BCUT2D eigenvalue weighted by Crippen LogP contribution is 2.19. The van der Waals surface area contributed by atoms with Crippen molar-refractivity contribution < 1.29 is 19.0 Å². The quantitative estimate of drug-likeness (QED) is 0.853. The molecule has 0 spiro atoms. The first-order chi connectivity index (χ1) is 11.5. The van der Waals surface area contributed by atoms with Crippen molar-refractivity contribution in [2.45, 2.75) is 19.6 Å². The maximum atomic E-state index is 12.9. The molecule has 1 atom stereocenters. The molecule has 128 valence electrons. The molecule has 2 rings (SSSR count). The van der Waals surface area contributed by atoms with Crippen molar-refractivity contribution in [2.24, 2.45) is 0 Å². The van der Waals surface area contributed by atoms with Crippen LogP contribution < -0.4 is 10.1 Å². The number of halogens is 1. The molecule has 2 aromatic carbocycles. The molecule has 2 N–H and O–H groups in total. The fraction of sp³-hybridized carbons (Fsp3) is 0.278. The van der Waals surface area contributed by atoms with E-state index in [2.05, 4.69) is 5.32 Å². The third kappa shape index (κ3) is 4.96. The van der Waals surface area contributed by atoms with Crippen molar-refractivity contribution in [3.63, 3.8) is 0 Å². The summed E-state index contributed by atoms with van der Waals surface area (Å²) in [7, 11) is 1.62. The molecule has 0 saturated heterocycles. The van der Waals surface area contributed by atoms with Crippen molar-refractivity contribution in [1.82, 2.24) is 4.90 Å². The molecular formula is C18H21FN2O3. The number of nitrogens with zero attached hydrogens (tertiary/aromatic N) is 1. The maximum Gasteiger partial charge on any atom is 0.321 e. The second kappa shape index (κ2) is 8.31. The van der Waals surface area contributed by atoms with Gasteiger partial charge in [0.15, 0.2) is 0 Å². The Bertz CT molecular complexity index is 676. The molecule has 0 saturated carbocycles. The van der Waals surface area contributed by atoms with Crippen LogP contribution in [0.15, 0.2) is 48.5 Å². The third-order valence-electron chi connectivity index (χ3n) is 3.65. The van der Waals surface area contributed by atoms with E-state index >= 15 is 0 Å². The lowest BCUT2D eigenvalue weighted by Crippen LogP contribution is -2.40. The van der Waals surface area contributed by atoms with E-state index in [1.807, 2.05) is 0 Å². The Hall–Kier alpha value is -2.60. The standard InChI is InChI=1S/C18H21FN2O3/c1-13(11-22)21(2)18(23)20-16-4-3-5-17(10-16)24-12-14-6-8-15(19)9-7-14/h3-10,13,22H,11-12H2,1-2H3,(H,20,23). The largest absolute Gasteiger partial charge is 0.489 e. The van der Waals surface area contributed by atoms with Crippen LogP contribution in [0.2, 0.25) is 0 Å². The average Bonchev–Trinajstić information content (AvgIpc) is 2.60. The normalized spacial score (nSPS) is 11.7. The molecule has 6 heteroatoms. The topological polar surface area (TPSA) is 61.8 Å². The van der Waals surface area contributed by atoms with Crippen molar-refractivity contribution in [2.75, 3.05) is 19.0 Å². The average molecular weight is 332 g/mol. The van der Waals surface area contributed by atoms with Crippen molar-refractivity contribution in [1.29, 1.82) is 0 Å². The first-order valence-corrected chi connectivity index (χ1v) is 7.61. The van der Waals surface area contributed by atoms with Crippen LogP contribution >= 0.6 is 0 Å². The van der Waals surface area contributed by atoms with Crippen LogP contribution in [-0.4, -0.2) is 35.7 Å². The predicted octanol–water partition coefficient (Wildman–Crippen LogP) is 3.25. The second-order valence-electron chi connectivity index (χ2n) is 5.52. The van der Waals surface area contributed by atoms with E-state index in [0.29, 0.717) is 18.0 Å². The van der Waals surface area contributed by atoms with Crippen LogP contribution in [0.25, 0.3) is 0 Å². The third-order valence-corrected chi connectivity index (χ3v) is 3.65. The minimum Gasteiger partial charge on any atom is -0.489 e. The molecule has 0 radical (unpaired) electrons. The minimum atomic E-state index is -0.313. The summed E-state index contributed by atoms with van der Waals surface area (Å²) in [5.74, 6) is 0.305. The fourth-order valence-electron chi connectivity index (χ4n) is 1.95. The van der Waals surface area contributed by atoms with E-state index in [1.54, 1.807) is 50.4 Å². The highest BCUT2D eigenvalue weighted by Gasteiger charge is 2.14. The Kier molecular flexibility index (Phi) is 6.14.